The summed E-state index contributed by atoms with van der Waals surface area (Å²) in [6.45, 7) is 3.74. The summed E-state index contributed by atoms with van der Waals surface area (Å²) in [7, 11) is -3.58. The summed E-state index contributed by atoms with van der Waals surface area (Å²) >= 11 is 0. The number of rotatable bonds is 3. The second kappa shape index (κ2) is 7.07. The molecule has 4 rings (SSSR count). The number of hydrogen-bond donors (Lipinski definition) is 1. The molecular weight excluding hydrogens is 358 g/mol. The van der Waals surface area contributed by atoms with Crippen molar-refractivity contribution < 1.29 is 8.42 Å². The zero-order chi connectivity index (χ0) is 16.6. The standard InChI is InChI=1S/C18H19N3O2S.ClH/c22-24(23,15-5-2-1-3-6-15)21-12-9-16-17(7-4-8-18(16)21)20-13-10-19-11-14-20;/h1-9,12,19H,10-11,13-14H2;1H. The Balaban J connectivity index is 0.00000182. The van der Waals surface area contributed by atoms with Crippen LogP contribution in [0.15, 0.2) is 65.7 Å². The number of nitrogens with one attached hydrogen (secondary N) is 1. The predicted octanol–water partition coefficient (Wildman–Crippen LogP) is 2.71. The van der Waals surface area contributed by atoms with Gasteiger partial charge in [0.15, 0.2) is 0 Å². The lowest BCUT2D eigenvalue weighted by Crippen LogP contribution is -2.43. The minimum Gasteiger partial charge on any atom is -0.368 e. The van der Waals surface area contributed by atoms with Gasteiger partial charge >= 0.3 is 0 Å². The lowest BCUT2D eigenvalue weighted by molar-refractivity contribution is 0.588. The zero-order valence-corrected chi connectivity index (χ0v) is 15.3. The fourth-order valence-electron chi connectivity index (χ4n) is 3.22. The smallest absolute Gasteiger partial charge is 0.268 e. The van der Waals surface area contributed by atoms with Crippen molar-refractivity contribution in [2.45, 2.75) is 4.90 Å². The maximum Gasteiger partial charge on any atom is 0.268 e. The van der Waals surface area contributed by atoms with Gasteiger partial charge in [0.25, 0.3) is 10.0 Å². The van der Waals surface area contributed by atoms with Crippen LogP contribution in [0, 0.1) is 0 Å². The van der Waals surface area contributed by atoms with E-state index in [1.165, 1.54) is 3.97 Å². The molecule has 1 aliphatic rings. The van der Waals surface area contributed by atoms with Crippen LogP contribution in [0.5, 0.6) is 0 Å². The van der Waals surface area contributed by atoms with Gasteiger partial charge in [-0.3, -0.25) is 0 Å². The minimum atomic E-state index is -3.58. The quantitative estimate of drug-likeness (QED) is 0.762. The van der Waals surface area contributed by atoms with E-state index in [1.807, 2.05) is 24.3 Å². The summed E-state index contributed by atoms with van der Waals surface area (Å²) in [5.41, 5.74) is 1.81. The van der Waals surface area contributed by atoms with Gasteiger partial charge in [-0.05, 0) is 30.3 Å². The molecule has 1 aliphatic heterocycles. The van der Waals surface area contributed by atoms with Crippen LogP contribution in [0.3, 0.4) is 0 Å². The number of nitrogens with zero attached hydrogens (tertiary/aromatic N) is 2. The Morgan fingerprint density at radius 3 is 2.32 bits per heavy atom. The molecule has 7 heteroatoms. The van der Waals surface area contributed by atoms with Crippen LogP contribution in [0.25, 0.3) is 10.9 Å². The molecule has 2 heterocycles. The minimum absolute atomic E-state index is 0. The largest absolute Gasteiger partial charge is 0.368 e. The maximum atomic E-state index is 12.9. The molecular formula is C18H20ClN3O2S. The first-order chi connectivity index (χ1) is 11.7. The third-order valence-corrected chi connectivity index (χ3v) is 6.14. The molecule has 1 N–H and O–H groups in total. The molecule has 3 aromatic rings. The molecule has 0 saturated carbocycles. The number of anilines is 1. The fraction of sp³-hybridized carbons (Fsp3) is 0.222. The van der Waals surface area contributed by atoms with Crippen LogP contribution in [0.2, 0.25) is 0 Å². The summed E-state index contributed by atoms with van der Waals surface area (Å²) in [4.78, 5) is 2.60. The van der Waals surface area contributed by atoms with Crippen LogP contribution in [0.1, 0.15) is 0 Å². The van der Waals surface area contributed by atoms with E-state index in [4.69, 9.17) is 0 Å². The van der Waals surface area contributed by atoms with E-state index >= 15 is 0 Å². The van der Waals surface area contributed by atoms with Gasteiger partial charge in [-0.25, -0.2) is 12.4 Å². The van der Waals surface area contributed by atoms with Crippen LogP contribution in [-0.2, 0) is 10.0 Å². The predicted molar refractivity (Wildman–Crippen MR) is 103 cm³/mol. The molecule has 0 spiro atoms. The second-order valence-electron chi connectivity index (χ2n) is 5.88. The van der Waals surface area contributed by atoms with Crippen molar-refractivity contribution in [3.63, 3.8) is 0 Å². The summed E-state index contributed by atoms with van der Waals surface area (Å²) in [6, 6.07) is 16.3. The lowest BCUT2D eigenvalue weighted by Gasteiger charge is -2.30. The Labute approximate surface area is 153 Å². The van der Waals surface area contributed by atoms with E-state index in [0.717, 1.165) is 42.8 Å². The molecule has 5 nitrogen and oxygen atoms in total. The molecule has 0 bridgehead atoms. The van der Waals surface area contributed by atoms with Gasteiger partial charge in [-0.1, -0.05) is 24.3 Å². The number of hydrogen-bond acceptors (Lipinski definition) is 4. The monoisotopic (exact) mass is 377 g/mol. The van der Waals surface area contributed by atoms with E-state index in [2.05, 4.69) is 16.3 Å². The van der Waals surface area contributed by atoms with Crippen molar-refractivity contribution in [1.29, 1.82) is 0 Å². The van der Waals surface area contributed by atoms with Gasteiger partial charge in [-0.15, -0.1) is 12.4 Å². The molecule has 1 aromatic heterocycles. The van der Waals surface area contributed by atoms with E-state index in [-0.39, 0.29) is 12.4 Å². The molecule has 132 valence electrons. The Morgan fingerprint density at radius 2 is 1.60 bits per heavy atom. The van der Waals surface area contributed by atoms with Crippen molar-refractivity contribution in [2.24, 2.45) is 0 Å². The molecule has 0 unspecified atom stereocenters. The molecule has 2 aromatic carbocycles. The molecule has 0 aliphatic carbocycles. The summed E-state index contributed by atoms with van der Waals surface area (Å²) in [5.74, 6) is 0. The van der Waals surface area contributed by atoms with Crippen molar-refractivity contribution in [3.05, 3.63) is 60.8 Å². The lowest BCUT2D eigenvalue weighted by atomic mass is 10.2. The van der Waals surface area contributed by atoms with E-state index < -0.39 is 10.0 Å². The first-order valence-corrected chi connectivity index (χ1v) is 9.48. The van der Waals surface area contributed by atoms with Crippen molar-refractivity contribution in [1.82, 2.24) is 9.29 Å². The van der Waals surface area contributed by atoms with Gasteiger partial charge in [0.1, 0.15) is 0 Å². The number of fused-ring (bicyclic) bond motifs is 1. The first-order valence-electron chi connectivity index (χ1n) is 8.04. The fourth-order valence-corrected chi connectivity index (χ4v) is 4.59. The topological polar surface area (TPSA) is 54.3 Å². The third-order valence-electron chi connectivity index (χ3n) is 4.43. The van der Waals surface area contributed by atoms with Gasteiger partial charge < -0.3 is 10.2 Å². The van der Waals surface area contributed by atoms with Gasteiger partial charge in [0.05, 0.1) is 10.4 Å². The zero-order valence-electron chi connectivity index (χ0n) is 13.6. The SMILES string of the molecule is Cl.O=S(=O)(c1ccccc1)n1ccc2c(N3CCNCC3)cccc21. The Morgan fingerprint density at radius 1 is 0.880 bits per heavy atom. The highest BCUT2D eigenvalue weighted by Gasteiger charge is 2.21. The number of aromatic nitrogens is 1. The van der Waals surface area contributed by atoms with Crippen LogP contribution in [0.4, 0.5) is 5.69 Å². The molecule has 0 amide bonds. The number of benzene rings is 2. The molecule has 25 heavy (non-hydrogen) atoms. The number of halogens is 1. The average Bonchev–Trinajstić information content (AvgIpc) is 3.08. The molecule has 1 saturated heterocycles. The Bertz CT molecular complexity index is 964. The summed E-state index contributed by atoms with van der Waals surface area (Å²) in [6.07, 6.45) is 1.65. The highest BCUT2D eigenvalue weighted by atomic mass is 35.5. The van der Waals surface area contributed by atoms with Crippen LogP contribution < -0.4 is 10.2 Å². The normalized spacial score (nSPS) is 15.1. The second-order valence-corrected chi connectivity index (χ2v) is 7.69. The van der Waals surface area contributed by atoms with Crippen molar-refractivity contribution in [2.75, 3.05) is 31.1 Å². The highest BCUT2D eigenvalue weighted by molar-refractivity contribution is 7.90. The van der Waals surface area contributed by atoms with E-state index in [1.54, 1.807) is 30.5 Å². The molecule has 0 radical (unpaired) electrons. The Hall–Kier alpha value is -2.02. The van der Waals surface area contributed by atoms with E-state index in [9.17, 15) is 8.42 Å². The third kappa shape index (κ3) is 3.13. The summed E-state index contributed by atoms with van der Waals surface area (Å²) in [5, 5.41) is 4.31. The summed E-state index contributed by atoms with van der Waals surface area (Å²) < 4.78 is 27.3. The van der Waals surface area contributed by atoms with Gasteiger partial charge in [0.2, 0.25) is 0 Å². The highest BCUT2D eigenvalue weighted by Crippen LogP contribution is 2.30. The van der Waals surface area contributed by atoms with Crippen molar-refractivity contribution >= 4 is 39.0 Å². The van der Waals surface area contributed by atoms with Crippen molar-refractivity contribution in [3.8, 4) is 0 Å². The maximum absolute atomic E-state index is 12.9. The first kappa shape index (κ1) is 17.8. The molecule has 1 fully saturated rings. The van der Waals surface area contributed by atoms with Gasteiger partial charge in [-0.2, -0.15) is 0 Å². The Kier molecular flexibility index (Phi) is 5.03. The average molecular weight is 378 g/mol. The van der Waals surface area contributed by atoms with Crippen LogP contribution in [-0.4, -0.2) is 38.6 Å². The van der Waals surface area contributed by atoms with Crippen LogP contribution >= 0.6 is 12.4 Å². The molecule has 0 atom stereocenters. The van der Waals surface area contributed by atoms with E-state index in [0.29, 0.717) is 4.90 Å². The number of piperazine rings is 1. The van der Waals surface area contributed by atoms with Gasteiger partial charge in [0, 0.05) is 43.4 Å².